The van der Waals surface area contributed by atoms with Crippen molar-refractivity contribution in [1.82, 2.24) is 19.9 Å². The Bertz CT molecular complexity index is 1540. The smallest absolute Gasteiger partial charge is 0.225 e. The number of H-pyrrole nitrogens is 1. The van der Waals surface area contributed by atoms with Crippen LogP contribution in [0.2, 0.25) is 0 Å². The summed E-state index contributed by atoms with van der Waals surface area (Å²) < 4.78 is 6.16. The molecular weight excluding hydrogens is 450 g/mol. The molecule has 0 unspecified atom stereocenters. The Hall–Kier alpha value is -4.33. The molecule has 36 heavy (non-hydrogen) atoms. The summed E-state index contributed by atoms with van der Waals surface area (Å²) in [6, 6.07) is 20.9. The molecule has 0 spiro atoms. The van der Waals surface area contributed by atoms with Crippen molar-refractivity contribution in [3.05, 3.63) is 66.2 Å². The fourth-order valence-corrected chi connectivity index (χ4v) is 4.73. The number of nitrogens with one attached hydrogen (secondary N) is 3. The predicted octanol–water partition coefficient (Wildman–Crippen LogP) is 5.44. The molecule has 182 valence electrons. The molecule has 0 saturated heterocycles. The van der Waals surface area contributed by atoms with Gasteiger partial charge in [0.05, 0.1) is 23.1 Å². The molecule has 0 fully saturated rings. The maximum atomic E-state index is 6.16. The van der Waals surface area contributed by atoms with E-state index in [1.807, 2.05) is 18.2 Å². The number of ether oxygens (including phenoxy) is 1. The van der Waals surface area contributed by atoms with E-state index in [-0.39, 0.29) is 0 Å². The fourth-order valence-electron chi connectivity index (χ4n) is 4.73. The van der Waals surface area contributed by atoms with Crippen molar-refractivity contribution in [3.8, 4) is 16.9 Å². The zero-order valence-corrected chi connectivity index (χ0v) is 20.5. The molecule has 6 rings (SSSR count). The van der Waals surface area contributed by atoms with E-state index < -0.39 is 0 Å². The Morgan fingerprint density at radius 3 is 2.61 bits per heavy atom. The van der Waals surface area contributed by atoms with Crippen LogP contribution >= 0.6 is 0 Å². The molecule has 1 aliphatic heterocycles. The third kappa shape index (κ3) is 4.15. The number of benzene rings is 3. The van der Waals surface area contributed by atoms with Crippen LogP contribution in [-0.2, 0) is 6.54 Å². The number of fused-ring (bicyclic) bond motifs is 3. The molecule has 3 heterocycles. The molecule has 0 saturated carbocycles. The quantitative estimate of drug-likeness (QED) is 0.299. The van der Waals surface area contributed by atoms with Crippen LogP contribution in [0.1, 0.15) is 19.4 Å². The Morgan fingerprint density at radius 2 is 1.72 bits per heavy atom. The van der Waals surface area contributed by atoms with Crippen molar-refractivity contribution in [1.29, 1.82) is 0 Å². The molecule has 5 aromatic rings. The maximum absolute atomic E-state index is 6.16. The Labute approximate surface area is 209 Å². The van der Waals surface area contributed by atoms with Crippen LogP contribution in [0.25, 0.3) is 33.1 Å². The first-order chi connectivity index (χ1) is 17.7. The van der Waals surface area contributed by atoms with Gasteiger partial charge in [-0.25, -0.2) is 9.97 Å². The summed E-state index contributed by atoms with van der Waals surface area (Å²) in [6.07, 6.45) is 0. The van der Waals surface area contributed by atoms with Crippen LogP contribution in [0.4, 0.5) is 17.7 Å². The third-order valence-electron chi connectivity index (χ3n) is 6.42. The fraction of sp³-hybridized carbons (Fsp3) is 0.250. The number of anilines is 3. The number of aromatic amines is 1. The van der Waals surface area contributed by atoms with Crippen LogP contribution < -0.4 is 20.3 Å². The van der Waals surface area contributed by atoms with Crippen molar-refractivity contribution in [2.24, 2.45) is 0 Å². The van der Waals surface area contributed by atoms with Crippen molar-refractivity contribution in [2.45, 2.75) is 20.4 Å². The number of hydrogen-bond donors (Lipinski definition) is 3. The molecule has 3 aromatic carbocycles. The largest absolute Gasteiger partial charge is 0.491 e. The number of imidazole rings is 1. The summed E-state index contributed by atoms with van der Waals surface area (Å²) in [7, 11) is 0. The first-order valence-electron chi connectivity index (χ1n) is 12.5. The van der Waals surface area contributed by atoms with E-state index in [2.05, 4.69) is 86.8 Å². The highest BCUT2D eigenvalue weighted by atomic mass is 16.5. The van der Waals surface area contributed by atoms with Gasteiger partial charge in [-0.05, 0) is 61.4 Å². The molecular formula is C28H29N7O. The van der Waals surface area contributed by atoms with Gasteiger partial charge in [0.1, 0.15) is 18.2 Å². The summed E-state index contributed by atoms with van der Waals surface area (Å²) >= 11 is 0. The first-order valence-corrected chi connectivity index (χ1v) is 12.5. The lowest BCUT2D eigenvalue weighted by atomic mass is 10.0. The molecule has 0 radical (unpaired) electrons. The van der Waals surface area contributed by atoms with Crippen molar-refractivity contribution < 1.29 is 4.74 Å². The lowest BCUT2D eigenvalue weighted by molar-refractivity contribution is 0.331. The molecule has 8 heteroatoms. The summed E-state index contributed by atoms with van der Waals surface area (Å²) in [4.78, 5) is 19.8. The van der Waals surface area contributed by atoms with Gasteiger partial charge in [0, 0.05) is 30.6 Å². The Kier molecular flexibility index (Phi) is 5.77. The first kappa shape index (κ1) is 22.2. The zero-order valence-electron chi connectivity index (χ0n) is 20.5. The van der Waals surface area contributed by atoms with Crippen LogP contribution in [0, 0.1) is 0 Å². The third-order valence-corrected chi connectivity index (χ3v) is 6.42. The topological polar surface area (TPSA) is 91.0 Å². The molecule has 2 aromatic heterocycles. The van der Waals surface area contributed by atoms with Crippen LogP contribution in [-0.4, -0.2) is 46.2 Å². The molecule has 0 amide bonds. The zero-order chi connectivity index (χ0) is 24.5. The van der Waals surface area contributed by atoms with Crippen LogP contribution in [0.3, 0.4) is 0 Å². The second-order valence-electron chi connectivity index (χ2n) is 8.86. The lowest BCUT2D eigenvalue weighted by Crippen LogP contribution is -2.27. The number of para-hydroxylation sites is 1. The van der Waals surface area contributed by atoms with Crippen LogP contribution in [0.15, 0.2) is 60.7 Å². The van der Waals surface area contributed by atoms with Crippen molar-refractivity contribution in [3.63, 3.8) is 0 Å². The van der Waals surface area contributed by atoms with Crippen molar-refractivity contribution in [2.75, 3.05) is 41.8 Å². The van der Waals surface area contributed by atoms with Gasteiger partial charge in [-0.2, -0.15) is 4.98 Å². The summed E-state index contributed by atoms with van der Waals surface area (Å²) in [5, 5.41) is 7.56. The standard InChI is InChI=1S/C28H29N7O/c1-3-29-27-32-23-11-9-19(16-24(23)33-27)18-10-12-25-20(15-18)17-35(13-14-36-25)26-21-7-5-6-8-22(21)31-28(34-26)30-4-2/h5-12,15-16H,3-4,13-14,17H2,1-2H3,(H2,29,32,33)(H,30,31,34). The van der Waals surface area contributed by atoms with E-state index in [1.54, 1.807) is 0 Å². The van der Waals surface area contributed by atoms with E-state index in [0.29, 0.717) is 19.1 Å². The Morgan fingerprint density at radius 1 is 0.889 bits per heavy atom. The molecule has 0 aliphatic carbocycles. The number of hydrogen-bond acceptors (Lipinski definition) is 7. The second kappa shape index (κ2) is 9.37. The summed E-state index contributed by atoms with van der Waals surface area (Å²) in [6.45, 7) is 7.74. The highest BCUT2D eigenvalue weighted by Crippen LogP contribution is 2.33. The average Bonchev–Trinajstić information content (AvgIpc) is 3.18. The minimum atomic E-state index is 0.592. The van der Waals surface area contributed by atoms with E-state index in [1.165, 1.54) is 0 Å². The molecule has 0 bridgehead atoms. The van der Waals surface area contributed by atoms with Gasteiger partial charge in [0.15, 0.2) is 0 Å². The average molecular weight is 480 g/mol. The molecule has 8 nitrogen and oxygen atoms in total. The minimum absolute atomic E-state index is 0.592. The maximum Gasteiger partial charge on any atom is 0.225 e. The van der Waals surface area contributed by atoms with E-state index >= 15 is 0 Å². The summed E-state index contributed by atoms with van der Waals surface area (Å²) in [5.74, 6) is 3.29. The second-order valence-corrected chi connectivity index (χ2v) is 8.86. The Balaban J connectivity index is 1.37. The van der Waals surface area contributed by atoms with Gasteiger partial charge >= 0.3 is 0 Å². The molecule has 3 N–H and O–H groups in total. The van der Waals surface area contributed by atoms with Gasteiger partial charge < -0.3 is 25.3 Å². The monoisotopic (exact) mass is 479 g/mol. The van der Waals surface area contributed by atoms with Gasteiger partial charge in [-0.3, -0.25) is 0 Å². The number of nitrogens with zero attached hydrogens (tertiary/aromatic N) is 4. The number of aromatic nitrogens is 4. The van der Waals surface area contributed by atoms with Gasteiger partial charge in [-0.1, -0.05) is 24.3 Å². The van der Waals surface area contributed by atoms with Gasteiger partial charge in [0.2, 0.25) is 11.9 Å². The van der Waals surface area contributed by atoms with Crippen molar-refractivity contribution >= 4 is 39.7 Å². The normalized spacial score (nSPS) is 13.3. The predicted molar refractivity (Wildman–Crippen MR) is 146 cm³/mol. The van der Waals surface area contributed by atoms with E-state index in [9.17, 15) is 0 Å². The van der Waals surface area contributed by atoms with Gasteiger partial charge in [0.25, 0.3) is 0 Å². The summed E-state index contributed by atoms with van der Waals surface area (Å²) in [5.41, 5.74) is 6.31. The van der Waals surface area contributed by atoms with E-state index in [4.69, 9.17) is 9.72 Å². The minimum Gasteiger partial charge on any atom is -0.491 e. The SMILES string of the molecule is CCNc1nc(N2CCOc3ccc(-c4ccc5nc(NCC)[nH]c5c4)cc3C2)c2ccccc2n1. The molecule has 1 aliphatic rings. The van der Waals surface area contributed by atoms with Crippen LogP contribution in [0.5, 0.6) is 5.75 Å². The van der Waals surface area contributed by atoms with E-state index in [0.717, 1.165) is 75.8 Å². The lowest BCUT2D eigenvalue weighted by Gasteiger charge is -2.23. The number of rotatable bonds is 6. The highest BCUT2D eigenvalue weighted by molar-refractivity contribution is 5.90. The highest BCUT2D eigenvalue weighted by Gasteiger charge is 2.20. The van der Waals surface area contributed by atoms with Gasteiger partial charge in [-0.15, -0.1) is 0 Å². The molecule has 0 atom stereocenters.